The van der Waals surface area contributed by atoms with Crippen LogP contribution in [0.1, 0.15) is 67.8 Å². The molecule has 2 saturated carbocycles. The summed E-state index contributed by atoms with van der Waals surface area (Å²) in [7, 11) is 2.05. The van der Waals surface area contributed by atoms with Gasteiger partial charge in [0.25, 0.3) is 0 Å². The van der Waals surface area contributed by atoms with E-state index in [1.54, 1.807) is 6.92 Å². The van der Waals surface area contributed by atoms with E-state index in [9.17, 15) is 14.4 Å². The first-order chi connectivity index (χ1) is 13.6. The van der Waals surface area contributed by atoms with Crippen molar-refractivity contribution in [2.75, 3.05) is 25.5 Å². The van der Waals surface area contributed by atoms with Crippen molar-refractivity contribution in [3.63, 3.8) is 0 Å². The highest BCUT2D eigenvalue weighted by Gasteiger charge is 2.72. The monoisotopic (exact) mass is 418 g/mol. The summed E-state index contributed by atoms with van der Waals surface area (Å²) >= 11 is 1.47. The number of carbonyl (C=O) groups is 3. The van der Waals surface area contributed by atoms with Crippen molar-refractivity contribution in [2.45, 2.75) is 59.9 Å². The highest BCUT2D eigenvalue weighted by molar-refractivity contribution is 7.17. The van der Waals surface area contributed by atoms with Gasteiger partial charge >= 0.3 is 5.97 Å². The number of likely N-dealkylation sites (N-methyl/N-ethyl adjacent to an activating group) is 1. The number of nitrogens with zero attached hydrogens (tertiary/aromatic N) is 1. The fourth-order valence-corrected chi connectivity index (χ4v) is 6.93. The quantitative estimate of drug-likeness (QED) is 0.756. The Morgan fingerprint density at radius 2 is 1.97 bits per heavy atom. The molecule has 1 N–H and O–H groups in total. The molecule has 6 nitrogen and oxygen atoms in total. The second-order valence-corrected chi connectivity index (χ2v) is 10.6. The van der Waals surface area contributed by atoms with Crippen LogP contribution in [0.5, 0.6) is 0 Å². The average Bonchev–Trinajstić information content (AvgIpc) is 3.14. The van der Waals surface area contributed by atoms with Gasteiger partial charge in [0, 0.05) is 29.8 Å². The van der Waals surface area contributed by atoms with Crippen LogP contribution >= 0.6 is 11.3 Å². The van der Waals surface area contributed by atoms with E-state index in [0.29, 0.717) is 23.6 Å². The molecule has 1 amide bonds. The minimum absolute atomic E-state index is 0.130. The van der Waals surface area contributed by atoms with Gasteiger partial charge in [-0.05, 0) is 44.2 Å². The number of ketones is 1. The highest BCUT2D eigenvalue weighted by Crippen LogP contribution is 2.70. The summed E-state index contributed by atoms with van der Waals surface area (Å²) in [5.41, 5.74) is -0.0786. The van der Waals surface area contributed by atoms with Crippen molar-refractivity contribution in [3.8, 4) is 0 Å². The number of anilines is 1. The normalized spacial score (nSPS) is 30.3. The molecular weight excluding hydrogens is 388 g/mol. The van der Waals surface area contributed by atoms with Gasteiger partial charge in [0.05, 0.1) is 17.6 Å². The topological polar surface area (TPSA) is 75.7 Å². The van der Waals surface area contributed by atoms with E-state index in [-0.39, 0.29) is 24.1 Å². The molecular formula is C22H30N2O4S. The Hall–Kier alpha value is -1.73. The van der Waals surface area contributed by atoms with Crippen molar-refractivity contribution in [2.24, 2.45) is 16.2 Å². The third kappa shape index (κ3) is 2.66. The van der Waals surface area contributed by atoms with Gasteiger partial charge in [-0.25, -0.2) is 4.79 Å². The lowest BCUT2D eigenvalue weighted by Gasteiger charge is -2.38. The van der Waals surface area contributed by atoms with Gasteiger partial charge in [-0.3, -0.25) is 9.59 Å². The molecule has 2 unspecified atom stereocenters. The van der Waals surface area contributed by atoms with Crippen LogP contribution in [0.3, 0.4) is 0 Å². The Morgan fingerprint density at radius 3 is 2.55 bits per heavy atom. The number of carbonyl (C=O) groups excluding carboxylic acids is 3. The number of Topliss-reactive ketones (excluding diaryl/α,β-unsaturated/α-hetero) is 1. The van der Waals surface area contributed by atoms with Gasteiger partial charge < -0.3 is 15.0 Å². The molecule has 2 fully saturated rings. The summed E-state index contributed by atoms with van der Waals surface area (Å²) in [5, 5.41) is 3.66. The molecule has 0 spiro atoms. The van der Waals surface area contributed by atoms with E-state index in [4.69, 9.17) is 4.74 Å². The number of esters is 1. The maximum atomic E-state index is 13.6. The van der Waals surface area contributed by atoms with Crippen LogP contribution < -0.4 is 5.32 Å². The van der Waals surface area contributed by atoms with Crippen LogP contribution in [-0.4, -0.2) is 42.8 Å². The maximum Gasteiger partial charge on any atom is 0.341 e. The van der Waals surface area contributed by atoms with Gasteiger partial charge in [0.15, 0.2) is 0 Å². The number of thiophene rings is 1. The zero-order valence-electron chi connectivity index (χ0n) is 17.9. The smallest absolute Gasteiger partial charge is 0.341 e. The van der Waals surface area contributed by atoms with Gasteiger partial charge in [0.2, 0.25) is 5.91 Å². The zero-order chi connectivity index (χ0) is 21.2. The molecule has 29 heavy (non-hydrogen) atoms. The third-order valence-electron chi connectivity index (χ3n) is 8.09. The Morgan fingerprint density at radius 1 is 1.24 bits per heavy atom. The van der Waals surface area contributed by atoms with Crippen molar-refractivity contribution < 1.29 is 19.1 Å². The maximum absolute atomic E-state index is 13.6. The number of nitrogens with one attached hydrogen (secondary N) is 1. The fraction of sp³-hybridized carbons (Fsp3) is 0.682. The zero-order valence-corrected chi connectivity index (χ0v) is 18.8. The average molecular weight is 419 g/mol. The summed E-state index contributed by atoms with van der Waals surface area (Å²) in [6.07, 6.45) is 2.49. The Kier molecular flexibility index (Phi) is 4.70. The lowest BCUT2D eigenvalue weighted by atomic mass is 9.64. The summed E-state index contributed by atoms with van der Waals surface area (Å²) in [6, 6.07) is 0. The largest absolute Gasteiger partial charge is 0.462 e. The number of hydrogen-bond donors (Lipinski definition) is 1. The minimum Gasteiger partial charge on any atom is -0.462 e. The van der Waals surface area contributed by atoms with Gasteiger partial charge in [-0.15, -0.1) is 11.3 Å². The van der Waals surface area contributed by atoms with E-state index in [1.807, 2.05) is 20.8 Å². The summed E-state index contributed by atoms with van der Waals surface area (Å²) in [4.78, 5) is 42.4. The van der Waals surface area contributed by atoms with Crippen LogP contribution in [0.2, 0.25) is 0 Å². The molecule has 1 aliphatic heterocycles. The first-order valence-corrected chi connectivity index (χ1v) is 11.2. The summed E-state index contributed by atoms with van der Waals surface area (Å²) in [5.74, 6) is -0.323. The van der Waals surface area contributed by atoms with E-state index < -0.39 is 16.2 Å². The van der Waals surface area contributed by atoms with Crippen molar-refractivity contribution in [3.05, 3.63) is 16.0 Å². The number of rotatable bonds is 4. The Labute approximate surface area is 176 Å². The lowest BCUT2D eigenvalue weighted by Crippen LogP contribution is -2.43. The first kappa shape index (κ1) is 20.5. The first-order valence-electron chi connectivity index (χ1n) is 10.4. The highest BCUT2D eigenvalue weighted by atomic mass is 32.1. The molecule has 0 saturated heterocycles. The van der Waals surface area contributed by atoms with Crippen LogP contribution in [0, 0.1) is 16.2 Å². The van der Waals surface area contributed by atoms with Gasteiger partial charge in [-0.2, -0.15) is 0 Å². The Balaban J connectivity index is 1.71. The number of ether oxygens (including phenoxy) is 1. The molecule has 3 aliphatic rings. The van der Waals surface area contributed by atoms with Crippen LogP contribution in [-0.2, 0) is 27.3 Å². The molecule has 7 heteroatoms. The van der Waals surface area contributed by atoms with E-state index >= 15 is 0 Å². The van der Waals surface area contributed by atoms with Crippen LogP contribution in [0.25, 0.3) is 0 Å². The fourth-order valence-electron chi connectivity index (χ4n) is 5.62. The molecule has 2 aliphatic carbocycles. The van der Waals surface area contributed by atoms with Gasteiger partial charge in [-0.1, -0.05) is 20.8 Å². The minimum atomic E-state index is -0.716. The van der Waals surface area contributed by atoms with Crippen molar-refractivity contribution >= 4 is 34.0 Å². The predicted molar refractivity (Wildman–Crippen MR) is 112 cm³/mol. The van der Waals surface area contributed by atoms with Crippen LogP contribution in [0.15, 0.2) is 0 Å². The molecule has 0 radical (unpaired) electrons. The molecule has 1 aromatic heterocycles. The Bertz CT molecular complexity index is 905. The number of hydrogen-bond acceptors (Lipinski definition) is 6. The lowest BCUT2D eigenvalue weighted by molar-refractivity contribution is -0.131. The predicted octanol–water partition coefficient (Wildman–Crippen LogP) is 3.64. The standard InChI is InChI=1S/C22H30N2O4S/c1-6-28-18(26)16-13-7-10-24(5)12-14(13)29-17(16)23-19(27)22-9-8-21(4,15(25)11-22)20(22,2)3/h6-12H2,1-5H3,(H,23,27). The molecule has 2 heterocycles. The second-order valence-electron chi connectivity index (χ2n) is 9.51. The van der Waals surface area contributed by atoms with Gasteiger partial charge in [0.1, 0.15) is 10.8 Å². The molecule has 4 rings (SSSR count). The molecule has 158 valence electrons. The number of fused-ring (bicyclic) bond motifs is 3. The van der Waals surface area contributed by atoms with E-state index in [1.165, 1.54) is 11.3 Å². The SMILES string of the molecule is CCOC(=O)c1c(NC(=O)C23CCC(C)(C(=O)C2)C3(C)C)sc2c1CCN(C)C2. The summed E-state index contributed by atoms with van der Waals surface area (Å²) < 4.78 is 5.31. The van der Waals surface area contributed by atoms with Crippen molar-refractivity contribution in [1.82, 2.24) is 4.90 Å². The van der Waals surface area contributed by atoms with E-state index in [2.05, 4.69) is 17.3 Å². The molecule has 2 atom stereocenters. The molecule has 1 aromatic rings. The van der Waals surface area contributed by atoms with Crippen LogP contribution in [0.4, 0.5) is 5.00 Å². The second kappa shape index (κ2) is 6.64. The van der Waals surface area contributed by atoms with Crippen molar-refractivity contribution in [1.29, 1.82) is 0 Å². The third-order valence-corrected chi connectivity index (χ3v) is 9.23. The molecule has 2 bridgehead atoms. The summed E-state index contributed by atoms with van der Waals surface area (Å²) in [6.45, 7) is 9.80. The molecule has 0 aromatic carbocycles. The number of amides is 1. The van der Waals surface area contributed by atoms with E-state index in [0.717, 1.165) is 36.4 Å².